The summed E-state index contributed by atoms with van der Waals surface area (Å²) in [5.74, 6) is 2.81. The molecule has 1 fully saturated rings. The quantitative estimate of drug-likeness (QED) is 0.249. The fourth-order valence-electron chi connectivity index (χ4n) is 6.30. The molecule has 5 rings (SSSR count). The zero-order valence-corrected chi connectivity index (χ0v) is 24.9. The molecule has 1 unspecified atom stereocenters. The minimum atomic E-state index is 0.00117. The van der Waals surface area contributed by atoms with E-state index in [1.54, 1.807) is 14.0 Å². The maximum Gasteiger partial charge on any atom is 0.213 e. The summed E-state index contributed by atoms with van der Waals surface area (Å²) < 4.78 is 12.2. The van der Waals surface area contributed by atoms with E-state index < -0.39 is 0 Å². The zero-order valence-electron chi connectivity index (χ0n) is 24.9. The minimum absolute atomic E-state index is 0.00117. The summed E-state index contributed by atoms with van der Waals surface area (Å²) in [6, 6.07) is 18.0. The number of methoxy groups -OCH3 is 1. The second-order valence-corrected chi connectivity index (χ2v) is 11.9. The van der Waals surface area contributed by atoms with Crippen LogP contribution in [-0.4, -0.2) is 35.4 Å². The molecule has 5 nitrogen and oxygen atoms in total. The smallest absolute Gasteiger partial charge is 0.213 e. The van der Waals surface area contributed by atoms with Gasteiger partial charge in [-0.3, -0.25) is 9.69 Å². The number of aromatic nitrogens is 1. The molecule has 1 saturated carbocycles. The van der Waals surface area contributed by atoms with Crippen LogP contribution in [0.15, 0.2) is 54.7 Å². The number of benzene rings is 2. The fourth-order valence-corrected chi connectivity index (χ4v) is 6.30. The standard InChI is InChI=1S/C35H44N2O3/c1-7-37(22(2)3)21-30-18-28(12-14-31(30)27-16-17-36-34(20-27)39-6)32-15-13-25-8-11-29(19-33(25)40-32)35(26-9-10-26)23(4)24(5)38/h8,11-12,14,16-20,22-23,26,32,35H,7,9-10,13,15,21H2,1-6H3/t23-,32?,35+/m1/s1. The van der Waals surface area contributed by atoms with Crippen LogP contribution in [0.2, 0.25) is 0 Å². The van der Waals surface area contributed by atoms with Gasteiger partial charge >= 0.3 is 0 Å². The first-order chi connectivity index (χ1) is 19.3. The topological polar surface area (TPSA) is 51.7 Å². The van der Waals surface area contributed by atoms with Crippen molar-refractivity contribution in [2.75, 3.05) is 13.7 Å². The maximum atomic E-state index is 12.3. The molecule has 40 heavy (non-hydrogen) atoms. The number of carbonyl (C=O) groups excluding carboxylic acids is 1. The van der Waals surface area contributed by atoms with Crippen LogP contribution < -0.4 is 9.47 Å². The van der Waals surface area contributed by atoms with Crippen molar-refractivity contribution in [1.82, 2.24) is 9.88 Å². The Balaban J connectivity index is 1.46. The summed E-state index contributed by atoms with van der Waals surface area (Å²) in [6.07, 6.45) is 6.18. The van der Waals surface area contributed by atoms with Gasteiger partial charge in [0.2, 0.25) is 5.88 Å². The molecule has 3 aromatic rings. The molecule has 1 aliphatic carbocycles. The molecule has 0 radical (unpaired) electrons. The third kappa shape index (κ3) is 6.10. The number of pyridine rings is 1. The Bertz CT molecular complexity index is 1350. The number of nitrogens with zero attached hydrogens (tertiary/aromatic N) is 2. The van der Waals surface area contributed by atoms with Crippen molar-refractivity contribution in [3.05, 3.63) is 77.0 Å². The third-order valence-electron chi connectivity index (χ3n) is 9.00. The highest BCUT2D eigenvalue weighted by molar-refractivity contribution is 5.79. The Morgan fingerprint density at radius 2 is 1.88 bits per heavy atom. The van der Waals surface area contributed by atoms with E-state index in [1.165, 1.54) is 40.7 Å². The molecule has 212 valence electrons. The number of carbonyl (C=O) groups is 1. The molecular weight excluding hydrogens is 496 g/mol. The van der Waals surface area contributed by atoms with E-state index in [4.69, 9.17) is 9.47 Å². The molecule has 0 saturated heterocycles. The van der Waals surface area contributed by atoms with E-state index in [9.17, 15) is 4.79 Å². The Hall–Kier alpha value is -3.18. The van der Waals surface area contributed by atoms with Gasteiger partial charge < -0.3 is 9.47 Å². The predicted molar refractivity (Wildman–Crippen MR) is 161 cm³/mol. The van der Waals surface area contributed by atoms with Gasteiger partial charge in [0.25, 0.3) is 0 Å². The number of ether oxygens (including phenoxy) is 2. The monoisotopic (exact) mass is 540 g/mol. The Morgan fingerprint density at radius 3 is 2.55 bits per heavy atom. The van der Waals surface area contributed by atoms with Gasteiger partial charge in [-0.25, -0.2) is 4.98 Å². The van der Waals surface area contributed by atoms with Crippen molar-refractivity contribution in [3.63, 3.8) is 0 Å². The first-order valence-electron chi connectivity index (χ1n) is 15.0. The van der Waals surface area contributed by atoms with Gasteiger partial charge in [0.1, 0.15) is 17.6 Å². The van der Waals surface area contributed by atoms with Crippen molar-refractivity contribution in [2.45, 2.75) is 84.9 Å². The first-order valence-corrected chi connectivity index (χ1v) is 15.0. The maximum absolute atomic E-state index is 12.3. The van der Waals surface area contributed by atoms with Gasteiger partial charge in [0.15, 0.2) is 0 Å². The lowest BCUT2D eigenvalue weighted by atomic mass is 9.80. The summed E-state index contributed by atoms with van der Waals surface area (Å²) in [4.78, 5) is 19.1. The van der Waals surface area contributed by atoms with Gasteiger partial charge in [0, 0.05) is 30.8 Å². The number of aryl methyl sites for hydroxylation is 1. The minimum Gasteiger partial charge on any atom is -0.485 e. The second-order valence-electron chi connectivity index (χ2n) is 11.9. The molecule has 0 N–H and O–H groups in total. The van der Waals surface area contributed by atoms with E-state index in [0.29, 0.717) is 17.8 Å². The van der Waals surface area contributed by atoms with Gasteiger partial charge in [-0.05, 0) is 110 Å². The Kier molecular flexibility index (Phi) is 8.60. The molecule has 5 heteroatoms. The second kappa shape index (κ2) is 12.1. The van der Waals surface area contributed by atoms with Gasteiger partial charge in [-0.2, -0.15) is 0 Å². The molecule has 0 spiro atoms. The number of fused-ring (bicyclic) bond motifs is 1. The summed E-state index contributed by atoms with van der Waals surface area (Å²) >= 11 is 0. The molecular formula is C35H44N2O3. The van der Waals surface area contributed by atoms with Crippen molar-refractivity contribution in [3.8, 4) is 22.8 Å². The van der Waals surface area contributed by atoms with Crippen LogP contribution in [0.1, 0.15) is 88.2 Å². The van der Waals surface area contributed by atoms with Crippen molar-refractivity contribution >= 4 is 5.78 Å². The SMILES string of the molecule is CCN(Cc1cc(C2CCc3ccc([C@H](C4CC4)[C@H](C)C(C)=O)cc3O2)ccc1-c1ccnc(OC)c1)C(C)C. The van der Waals surface area contributed by atoms with Gasteiger partial charge in [-0.15, -0.1) is 0 Å². The fraction of sp³-hybridized carbons (Fsp3) is 0.486. The molecule has 3 atom stereocenters. The Morgan fingerprint density at radius 1 is 1.07 bits per heavy atom. The summed E-state index contributed by atoms with van der Waals surface area (Å²) in [5, 5.41) is 0. The van der Waals surface area contributed by atoms with Crippen molar-refractivity contribution in [1.29, 1.82) is 0 Å². The molecule has 1 aromatic heterocycles. The van der Waals surface area contributed by atoms with Crippen molar-refractivity contribution in [2.24, 2.45) is 11.8 Å². The summed E-state index contributed by atoms with van der Waals surface area (Å²) in [7, 11) is 1.66. The lowest BCUT2D eigenvalue weighted by Crippen LogP contribution is -2.30. The number of ketones is 1. The molecule has 2 aromatic carbocycles. The third-order valence-corrected chi connectivity index (χ3v) is 9.00. The highest BCUT2D eigenvalue weighted by atomic mass is 16.5. The van der Waals surface area contributed by atoms with Crippen LogP contribution in [0.5, 0.6) is 11.6 Å². The molecule has 2 heterocycles. The average molecular weight is 541 g/mol. The van der Waals surface area contributed by atoms with Crippen LogP contribution in [0.4, 0.5) is 0 Å². The number of rotatable bonds is 11. The lowest BCUT2D eigenvalue weighted by Gasteiger charge is -2.30. The van der Waals surface area contributed by atoms with Crippen LogP contribution in [0.3, 0.4) is 0 Å². The first kappa shape index (κ1) is 28.4. The largest absolute Gasteiger partial charge is 0.485 e. The lowest BCUT2D eigenvalue weighted by molar-refractivity contribution is -0.121. The highest BCUT2D eigenvalue weighted by Gasteiger charge is 2.38. The molecule has 0 amide bonds. The zero-order chi connectivity index (χ0) is 28.4. The van der Waals surface area contributed by atoms with Crippen LogP contribution in [-0.2, 0) is 17.8 Å². The summed E-state index contributed by atoms with van der Waals surface area (Å²) in [6.45, 7) is 12.4. The summed E-state index contributed by atoms with van der Waals surface area (Å²) in [5.41, 5.74) is 7.33. The van der Waals surface area contributed by atoms with E-state index >= 15 is 0 Å². The normalized spacial score (nSPS) is 18.2. The van der Waals surface area contributed by atoms with E-state index in [2.05, 4.69) is 80.0 Å². The number of hydrogen-bond acceptors (Lipinski definition) is 5. The van der Waals surface area contributed by atoms with Crippen LogP contribution in [0, 0.1) is 11.8 Å². The van der Waals surface area contributed by atoms with E-state index in [1.807, 2.05) is 12.3 Å². The molecule has 1 aliphatic heterocycles. The van der Waals surface area contributed by atoms with E-state index in [0.717, 1.165) is 37.2 Å². The van der Waals surface area contributed by atoms with Crippen LogP contribution >= 0.6 is 0 Å². The van der Waals surface area contributed by atoms with Gasteiger partial charge in [0.05, 0.1) is 7.11 Å². The van der Waals surface area contributed by atoms with Crippen LogP contribution in [0.25, 0.3) is 11.1 Å². The number of Topliss-reactive ketones (excluding diaryl/α,β-unsaturated/α-hetero) is 1. The highest BCUT2D eigenvalue weighted by Crippen LogP contribution is 2.48. The Labute approximate surface area is 239 Å². The predicted octanol–water partition coefficient (Wildman–Crippen LogP) is 7.77. The average Bonchev–Trinajstić information content (AvgIpc) is 3.80. The molecule has 0 bridgehead atoms. The van der Waals surface area contributed by atoms with E-state index in [-0.39, 0.29) is 23.7 Å². The van der Waals surface area contributed by atoms with Gasteiger partial charge in [-0.1, -0.05) is 44.2 Å². The number of hydrogen-bond donors (Lipinski definition) is 0. The molecule has 2 aliphatic rings. The van der Waals surface area contributed by atoms with Crippen molar-refractivity contribution < 1.29 is 14.3 Å².